The van der Waals surface area contributed by atoms with Crippen LogP contribution in [0.4, 0.5) is 0 Å². The second kappa shape index (κ2) is 6.70. The van der Waals surface area contributed by atoms with Crippen LogP contribution in [0.15, 0.2) is 12.1 Å². The molecule has 0 saturated heterocycles. The normalized spacial score (nSPS) is 22.6. The van der Waals surface area contributed by atoms with Gasteiger partial charge in [-0.1, -0.05) is 12.8 Å². The van der Waals surface area contributed by atoms with Crippen molar-refractivity contribution in [2.75, 3.05) is 6.54 Å². The number of aliphatic carboxylic acids is 1. The summed E-state index contributed by atoms with van der Waals surface area (Å²) in [6, 6.07) is 3.40. The molecule has 1 aliphatic rings. The summed E-state index contributed by atoms with van der Waals surface area (Å²) in [5.41, 5.74) is 1.48. The minimum Gasteiger partial charge on any atom is -0.506 e. The molecule has 2 atom stereocenters. The van der Waals surface area contributed by atoms with E-state index in [2.05, 4.69) is 10.3 Å². The number of carbonyl (C=O) groups is 1. The predicted molar refractivity (Wildman–Crippen MR) is 75.4 cm³/mol. The van der Waals surface area contributed by atoms with Crippen molar-refractivity contribution in [1.82, 2.24) is 10.3 Å². The zero-order valence-electron chi connectivity index (χ0n) is 11.8. The van der Waals surface area contributed by atoms with Crippen LogP contribution in [-0.2, 0) is 11.3 Å². The lowest BCUT2D eigenvalue weighted by atomic mass is 9.79. The molecule has 0 aromatic carbocycles. The lowest BCUT2D eigenvalue weighted by Gasteiger charge is -2.28. The largest absolute Gasteiger partial charge is 0.506 e. The molecule has 5 nitrogen and oxygen atoms in total. The van der Waals surface area contributed by atoms with Crippen molar-refractivity contribution < 1.29 is 15.0 Å². The van der Waals surface area contributed by atoms with Gasteiger partial charge in [-0.15, -0.1) is 0 Å². The quantitative estimate of drug-likeness (QED) is 0.768. The summed E-state index contributed by atoms with van der Waals surface area (Å²) in [5.74, 6) is -0.571. The molecular weight excluding hydrogens is 256 g/mol. The minimum atomic E-state index is -0.687. The van der Waals surface area contributed by atoms with Crippen molar-refractivity contribution in [1.29, 1.82) is 0 Å². The molecule has 1 heterocycles. The third-order valence-electron chi connectivity index (χ3n) is 4.01. The van der Waals surface area contributed by atoms with E-state index in [0.717, 1.165) is 31.4 Å². The number of hydrogen-bond donors (Lipinski definition) is 3. The molecule has 1 saturated carbocycles. The maximum Gasteiger partial charge on any atom is 0.306 e. The number of carboxylic acid groups (broad SMARTS) is 1. The molecule has 110 valence electrons. The summed E-state index contributed by atoms with van der Waals surface area (Å²) in [4.78, 5) is 15.5. The average molecular weight is 278 g/mol. The fourth-order valence-corrected chi connectivity index (χ4v) is 2.89. The minimum absolute atomic E-state index is 0.174. The Hall–Kier alpha value is -1.62. The number of hydrogen-bond acceptors (Lipinski definition) is 4. The van der Waals surface area contributed by atoms with E-state index in [0.29, 0.717) is 18.8 Å². The second-order valence-electron chi connectivity index (χ2n) is 5.54. The Labute approximate surface area is 119 Å². The van der Waals surface area contributed by atoms with Crippen LogP contribution in [0.1, 0.15) is 37.1 Å². The van der Waals surface area contributed by atoms with E-state index < -0.39 is 5.97 Å². The molecular formula is C15H22N2O3. The van der Waals surface area contributed by atoms with Crippen molar-refractivity contribution >= 4 is 5.97 Å². The number of rotatable bonds is 5. The van der Waals surface area contributed by atoms with Crippen LogP contribution in [0.2, 0.25) is 0 Å². The Balaban J connectivity index is 1.88. The Bertz CT molecular complexity index is 476. The Morgan fingerprint density at radius 3 is 2.90 bits per heavy atom. The second-order valence-corrected chi connectivity index (χ2v) is 5.54. The van der Waals surface area contributed by atoms with Crippen molar-refractivity contribution in [3.8, 4) is 5.75 Å². The molecule has 20 heavy (non-hydrogen) atoms. The summed E-state index contributed by atoms with van der Waals surface area (Å²) in [5, 5.41) is 22.2. The highest BCUT2D eigenvalue weighted by molar-refractivity contribution is 5.70. The zero-order chi connectivity index (χ0) is 14.5. The van der Waals surface area contributed by atoms with Crippen LogP contribution in [0, 0.1) is 18.8 Å². The van der Waals surface area contributed by atoms with Gasteiger partial charge in [0.1, 0.15) is 5.75 Å². The van der Waals surface area contributed by atoms with E-state index in [1.54, 1.807) is 12.1 Å². The number of aromatic nitrogens is 1. The smallest absolute Gasteiger partial charge is 0.306 e. The van der Waals surface area contributed by atoms with Gasteiger partial charge in [0.25, 0.3) is 0 Å². The number of aryl methyl sites for hydroxylation is 1. The Morgan fingerprint density at radius 1 is 1.40 bits per heavy atom. The monoisotopic (exact) mass is 278 g/mol. The maximum absolute atomic E-state index is 11.2. The number of nitrogens with one attached hydrogen (secondary N) is 1. The van der Waals surface area contributed by atoms with Crippen molar-refractivity contribution in [2.24, 2.45) is 11.8 Å². The molecule has 0 bridgehead atoms. The highest BCUT2D eigenvalue weighted by atomic mass is 16.4. The lowest BCUT2D eigenvalue weighted by molar-refractivity contribution is -0.144. The lowest BCUT2D eigenvalue weighted by Crippen LogP contribution is -2.34. The first-order valence-electron chi connectivity index (χ1n) is 7.17. The van der Waals surface area contributed by atoms with Gasteiger partial charge in [-0.2, -0.15) is 0 Å². The Morgan fingerprint density at radius 2 is 2.15 bits per heavy atom. The third-order valence-corrected chi connectivity index (χ3v) is 4.01. The SMILES string of the molecule is Cc1ccc(O)c(CNCC2CCCCC2C(=O)O)n1. The van der Waals surface area contributed by atoms with Crippen LogP contribution in [0.25, 0.3) is 0 Å². The van der Waals surface area contributed by atoms with Gasteiger partial charge in [-0.25, -0.2) is 0 Å². The van der Waals surface area contributed by atoms with Gasteiger partial charge in [0.05, 0.1) is 11.6 Å². The Kier molecular flexibility index (Phi) is 4.95. The van der Waals surface area contributed by atoms with E-state index in [4.69, 9.17) is 0 Å². The number of carboxylic acids is 1. The average Bonchev–Trinajstić information content (AvgIpc) is 2.43. The zero-order valence-corrected chi connectivity index (χ0v) is 11.8. The van der Waals surface area contributed by atoms with Crippen molar-refractivity contribution in [3.63, 3.8) is 0 Å². The molecule has 1 aliphatic carbocycles. The van der Waals surface area contributed by atoms with E-state index in [1.807, 2.05) is 6.92 Å². The third kappa shape index (κ3) is 3.70. The molecule has 0 amide bonds. The van der Waals surface area contributed by atoms with E-state index in [-0.39, 0.29) is 17.6 Å². The molecule has 1 aromatic heterocycles. The van der Waals surface area contributed by atoms with Crippen molar-refractivity contribution in [2.45, 2.75) is 39.2 Å². The predicted octanol–water partition coefficient (Wildman–Crippen LogP) is 2.08. The van der Waals surface area contributed by atoms with Crippen LogP contribution in [-0.4, -0.2) is 27.7 Å². The van der Waals surface area contributed by atoms with Gasteiger partial charge in [-0.3, -0.25) is 9.78 Å². The summed E-state index contributed by atoms with van der Waals surface area (Å²) in [6.45, 7) is 3.01. The molecule has 2 unspecified atom stereocenters. The molecule has 1 aromatic rings. The van der Waals surface area contributed by atoms with Gasteiger partial charge in [0, 0.05) is 12.2 Å². The molecule has 0 spiro atoms. The summed E-state index contributed by atoms with van der Waals surface area (Å²) in [7, 11) is 0. The topological polar surface area (TPSA) is 82.5 Å². The fourth-order valence-electron chi connectivity index (χ4n) is 2.89. The number of pyridine rings is 1. The summed E-state index contributed by atoms with van der Waals surface area (Å²) < 4.78 is 0. The fraction of sp³-hybridized carbons (Fsp3) is 0.600. The first kappa shape index (κ1) is 14.8. The van der Waals surface area contributed by atoms with Gasteiger partial charge in [-0.05, 0) is 44.4 Å². The highest BCUT2D eigenvalue weighted by Crippen LogP contribution is 2.29. The van der Waals surface area contributed by atoms with Crippen LogP contribution >= 0.6 is 0 Å². The molecule has 5 heteroatoms. The van der Waals surface area contributed by atoms with Gasteiger partial charge in [0.15, 0.2) is 0 Å². The van der Waals surface area contributed by atoms with Gasteiger partial charge < -0.3 is 15.5 Å². The van der Waals surface area contributed by atoms with Crippen molar-refractivity contribution in [3.05, 3.63) is 23.5 Å². The first-order valence-corrected chi connectivity index (χ1v) is 7.17. The summed E-state index contributed by atoms with van der Waals surface area (Å²) in [6.07, 6.45) is 3.84. The molecule has 3 N–H and O–H groups in total. The van der Waals surface area contributed by atoms with E-state index >= 15 is 0 Å². The maximum atomic E-state index is 11.2. The van der Waals surface area contributed by atoms with E-state index in [1.165, 1.54) is 0 Å². The van der Waals surface area contributed by atoms with E-state index in [9.17, 15) is 15.0 Å². The first-order chi connectivity index (χ1) is 9.58. The van der Waals surface area contributed by atoms with Gasteiger partial charge in [0.2, 0.25) is 0 Å². The molecule has 2 rings (SSSR count). The van der Waals surface area contributed by atoms with Crippen LogP contribution in [0.5, 0.6) is 5.75 Å². The van der Waals surface area contributed by atoms with Crippen LogP contribution in [0.3, 0.4) is 0 Å². The number of aromatic hydroxyl groups is 1. The van der Waals surface area contributed by atoms with Crippen LogP contribution < -0.4 is 5.32 Å². The molecule has 0 radical (unpaired) electrons. The summed E-state index contributed by atoms with van der Waals surface area (Å²) >= 11 is 0. The molecule has 1 fully saturated rings. The standard InChI is InChI=1S/C15H22N2O3/c1-10-6-7-14(18)13(17-10)9-16-8-11-4-2-3-5-12(11)15(19)20/h6-7,11-12,16,18H,2-5,8-9H2,1H3,(H,19,20). The highest BCUT2D eigenvalue weighted by Gasteiger charge is 2.30. The number of nitrogens with zero attached hydrogens (tertiary/aromatic N) is 1. The van der Waals surface area contributed by atoms with Gasteiger partial charge >= 0.3 is 5.97 Å². The molecule has 0 aliphatic heterocycles.